The molecule has 0 radical (unpaired) electrons. The average Bonchev–Trinajstić information content (AvgIpc) is 2.55. The van der Waals surface area contributed by atoms with Crippen LogP contribution >= 0.6 is 0 Å². The van der Waals surface area contributed by atoms with Gasteiger partial charge in [-0.15, -0.1) is 0 Å². The van der Waals surface area contributed by atoms with Crippen molar-refractivity contribution in [3.63, 3.8) is 0 Å². The van der Waals surface area contributed by atoms with Crippen molar-refractivity contribution >= 4 is 11.9 Å². The van der Waals surface area contributed by atoms with Crippen molar-refractivity contribution in [3.05, 3.63) is 0 Å². The largest absolute Gasteiger partial charge is 0.353 e. The highest BCUT2D eigenvalue weighted by atomic mass is 16.2. The summed E-state index contributed by atoms with van der Waals surface area (Å²) in [4.78, 5) is 18.4. The van der Waals surface area contributed by atoms with E-state index >= 15 is 0 Å². The molecular formula is C15H29N5O. The molecule has 6 heteroatoms. The predicted octanol–water partition coefficient (Wildman–Crippen LogP) is 1.13. The number of amides is 1. The lowest BCUT2D eigenvalue weighted by Gasteiger charge is -2.26. The van der Waals surface area contributed by atoms with Crippen LogP contribution in [0.3, 0.4) is 0 Å². The van der Waals surface area contributed by atoms with Gasteiger partial charge in [-0.25, -0.2) is 5.84 Å². The number of carbonyl (C=O) groups is 1. The van der Waals surface area contributed by atoms with Crippen molar-refractivity contribution in [2.24, 2.45) is 10.8 Å². The van der Waals surface area contributed by atoms with Crippen LogP contribution in [0.25, 0.3) is 0 Å². The zero-order chi connectivity index (χ0) is 14.9. The van der Waals surface area contributed by atoms with E-state index in [1.54, 1.807) is 0 Å². The predicted molar refractivity (Wildman–Crippen MR) is 84.7 cm³/mol. The first-order valence-electron chi connectivity index (χ1n) is 8.35. The van der Waals surface area contributed by atoms with E-state index in [4.69, 9.17) is 5.84 Å². The number of hydrogen-bond donors (Lipinski definition) is 3. The minimum atomic E-state index is 0.215. The zero-order valence-corrected chi connectivity index (χ0v) is 12.9. The van der Waals surface area contributed by atoms with E-state index in [1.165, 1.54) is 38.5 Å². The molecule has 0 aromatic heterocycles. The zero-order valence-electron chi connectivity index (χ0n) is 12.9. The van der Waals surface area contributed by atoms with E-state index in [9.17, 15) is 4.79 Å². The van der Waals surface area contributed by atoms with Crippen molar-refractivity contribution < 1.29 is 4.79 Å². The fourth-order valence-corrected chi connectivity index (χ4v) is 3.14. The Morgan fingerprint density at radius 1 is 1.10 bits per heavy atom. The second-order valence-corrected chi connectivity index (χ2v) is 6.05. The van der Waals surface area contributed by atoms with Crippen LogP contribution in [0.15, 0.2) is 4.99 Å². The molecule has 0 aromatic rings. The highest BCUT2D eigenvalue weighted by Gasteiger charge is 2.16. The molecule has 2 fully saturated rings. The number of rotatable bonds is 4. The number of likely N-dealkylation sites (tertiary alicyclic amines) is 1. The molecular weight excluding hydrogens is 266 g/mol. The maximum atomic E-state index is 12.0. The summed E-state index contributed by atoms with van der Waals surface area (Å²) in [6, 6.07) is 0.464. The van der Waals surface area contributed by atoms with Crippen LogP contribution in [0.1, 0.15) is 57.8 Å². The molecule has 0 spiro atoms. The molecule has 1 amide bonds. The second-order valence-electron chi connectivity index (χ2n) is 6.05. The number of nitrogens with two attached hydrogens (primary N) is 1. The summed E-state index contributed by atoms with van der Waals surface area (Å²) in [6.45, 7) is 2.31. The van der Waals surface area contributed by atoms with Gasteiger partial charge in [-0.2, -0.15) is 0 Å². The van der Waals surface area contributed by atoms with Crippen LogP contribution in [0.2, 0.25) is 0 Å². The summed E-state index contributed by atoms with van der Waals surface area (Å²) >= 11 is 0. The summed E-state index contributed by atoms with van der Waals surface area (Å²) in [7, 11) is 0. The first-order valence-corrected chi connectivity index (χ1v) is 8.35. The number of piperidine rings is 1. The van der Waals surface area contributed by atoms with Gasteiger partial charge in [0.25, 0.3) is 0 Å². The van der Waals surface area contributed by atoms with Crippen LogP contribution in [0, 0.1) is 0 Å². The molecule has 4 N–H and O–H groups in total. The molecule has 2 rings (SSSR count). The van der Waals surface area contributed by atoms with Crippen LogP contribution in [-0.2, 0) is 4.79 Å². The minimum absolute atomic E-state index is 0.215. The third kappa shape index (κ3) is 5.53. The molecule has 1 aliphatic heterocycles. The highest BCUT2D eigenvalue weighted by Crippen LogP contribution is 2.17. The third-order valence-corrected chi connectivity index (χ3v) is 4.39. The molecule has 0 unspecified atom stereocenters. The van der Waals surface area contributed by atoms with E-state index < -0.39 is 0 Å². The van der Waals surface area contributed by atoms with Gasteiger partial charge in [0.15, 0.2) is 0 Å². The Morgan fingerprint density at radius 3 is 2.43 bits per heavy atom. The number of carbonyl (C=O) groups excluding carboxylic acids is 1. The molecule has 0 aromatic carbocycles. The van der Waals surface area contributed by atoms with Gasteiger partial charge in [0.1, 0.15) is 0 Å². The minimum Gasteiger partial charge on any atom is -0.353 e. The Kier molecular flexibility index (Phi) is 6.79. The normalized spacial score (nSPS) is 21.2. The molecule has 6 nitrogen and oxygen atoms in total. The Labute approximate surface area is 127 Å². The van der Waals surface area contributed by atoms with Gasteiger partial charge >= 0.3 is 0 Å². The number of nitrogens with zero attached hydrogens (tertiary/aromatic N) is 2. The fourth-order valence-electron chi connectivity index (χ4n) is 3.14. The lowest BCUT2D eigenvalue weighted by atomic mass is 9.96. The van der Waals surface area contributed by atoms with Gasteiger partial charge in [0.05, 0.1) is 6.54 Å². The van der Waals surface area contributed by atoms with E-state index in [0.717, 1.165) is 25.9 Å². The van der Waals surface area contributed by atoms with E-state index in [0.29, 0.717) is 25.0 Å². The standard InChI is InChI=1S/C15H29N5O/c16-19-15(18-13-7-3-1-4-8-13)17-10-9-14(21)20-11-5-2-6-12-20/h13H,1-12,16H2,(H2,17,18,19). The van der Waals surface area contributed by atoms with Gasteiger partial charge in [-0.1, -0.05) is 19.3 Å². The monoisotopic (exact) mass is 295 g/mol. The summed E-state index contributed by atoms with van der Waals surface area (Å²) in [5.74, 6) is 6.35. The van der Waals surface area contributed by atoms with Gasteiger partial charge in [0, 0.05) is 25.6 Å². The Hall–Kier alpha value is -1.30. The molecule has 0 atom stereocenters. The second kappa shape index (κ2) is 8.87. The van der Waals surface area contributed by atoms with Gasteiger partial charge < -0.3 is 10.2 Å². The van der Waals surface area contributed by atoms with Gasteiger partial charge in [-0.3, -0.25) is 15.2 Å². The fraction of sp³-hybridized carbons (Fsp3) is 0.867. The first-order chi connectivity index (χ1) is 10.3. The van der Waals surface area contributed by atoms with Crippen LogP contribution in [0.4, 0.5) is 0 Å². The van der Waals surface area contributed by atoms with Gasteiger partial charge in [0.2, 0.25) is 11.9 Å². The van der Waals surface area contributed by atoms with Crippen LogP contribution in [0.5, 0.6) is 0 Å². The summed E-state index contributed by atoms with van der Waals surface area (Å²) < 4.78 is 0. The molecule has 1 aliphatic carbocycles. The van der Waals surface area contributed by atoms with Crippen molar-refractivity contribution in [3.8, 4) is 0 Å². The molecule has 2 aliphatic rings. The lowest BCUT2D eigenvalue weighted by molar-refractivity contribution is -0.131. The first kappa shape index (κ1) is 16.1. The Bertz CT molecular complexity index is 346. The molecule has 1 heterocycles. The molecule has 120 valence electrons. The average molecular weight is 295 g/mol. The SMILES string of the molecule is NNC(=NCCC(=O)N1CCCCC1)NC1CCCCC1. The van der Waals surface area contributed by atoms with E-state index in [2.05, 4.69) is 15.7 Å². The van der Waals surface area contributed by atoms with Crippen molar-refractivity contribution in [2.45, 2.75) is 63.8 Å². The molecule has 1 saturated heterocycles. The third-order valence-electron chi connectivity index (χ3n) is 4.39. The Morgan fingerprint density at radius 2 is 1.76 bits per heavy atom. The lowest BCUT2D eigenvalue weighted by Crippen LogP contribution is -2.47. The number of hydrazine groups is 1. The quantitative estimate of drug-likeness (QED) is 0.314. The number of guanidine groups is 1. The number of aliphatic imine (C=N–C) groups is 1. The van der Waals surface area contributed by atoms with E-state index in [-0.39, 0.29) is 5.91 Å². The van der Waals surface area contributed by atoms with Crippen LogP contribution < -0.4 is 16.6 Å². The van der Waals surface area contributed by atoms with Crippen molar-refractivity contribution in [2.75, 3.05) is 19.6 Å². The summed E-state index contributed by atoms with van der Waals surface area (Å²) in [5, 5.41) is 3.35. The van der Waals surface area contributed by atoms with Gasteiger partial charge in [-0.05, 0) is 32.1 Å². The molecule has 1 saturated carbocycles. The molecule has 21 heavy (non-hydrogen) atoms. The maximum absolute atomic E-state index is 12.0. The number of hydrogen-bond acceptors (Lipinski definition) is 3. The Balaban J connectivity index is 1.71. The molecule has 0 bridgehead atoms. The smallest absolute Gasteiger partial charge is 0.224 e. The maximum Gasteiger partial charge on any atom is 0.224 e. The van der Waals surface area contributed by atoms with Crippen molar-refractivity contribution in [1.82, 2.24) is 15.6 Å². The van der Waals surface area contributed by atoms with Crippen molar-refractivity contribution in [1.29, 1.82) is 0 Å². The summed E-state index contributed by atoms with van der Waals surface area (Å²) in [6.07, 6.45) is 10.2. The van der Waals surface area contributed by atoms with Crippen LogP contribution in [-0.4, -0.2) is 42.4 Å². The van der Waals surface area contributed by atoms with E-state index in [1.807, 2.05) is 4.90 Å². The summed E-state index contributed by atoms with van der Waals surface area (Å²) in [5.41, 5.74) is 2.62. The number of nitrogens with one attached hydrogen (secondary N) is 2. The topological polar surface area (TPSA) is 82.7 Å². The highest BCUT2D eigenvalue weighted by molar-refractivity contribution is 5.80.